The number of quaternary nitrogens is 1. The third-order valence-electron chi connectivity index (χ3n) is 3.95. The van der Waals surface area contributed by atoms with Gasteiger partial charge in [0.05, 0.1) is 27.2 Å². The zero-order chi connectivity index (χ0) is 13.4. The third-order valence-corrected chi connectivity index (χ3v) is 3.95. The van der Waals surface area contributed by atoms with Crippen molar-refractivity contribution >= 4 is 0 Å². The fourth-order valence-corrected chi connectivity index (χ4v) is 2.41. The highest BCUT2D eigenvalue weighted by molar-refractivity contribution is 4.59. The van der Waals surface area contributed by atoms with Crippen LogP contribution in [0.2, 0.25) is 0 Å². The Balaban J connectivity index is 2.38. The summed E-state index contributed by atoms with van der Waals surface area (Å²) in [5, 5.41) is 3.55. The summed E-state index contributed by atoms with van der Waals surface area (Å²) >= 11 is 0. The summed E-state index contributed by atoms with van der Waals surface area (Å²) in [6.07, 6.45) is 2.56. The lowest BCUT2D eigenvalue weighted by atomic mass is 10.3. The summed E-state index contributed by atoms with van der Waals surface area (Å²) in [6.45, 7) is 9.63. The lowest BCUT2D eigenvalue weighted by Crippen LogP contribution is -2.46. The van der Waals surface area contributed by atoms with Gasteiger partial charge in [-0.15, -0.1) is 0 Å². The molecule has 1 aliphatic rings. The zero-order valence-corrected chi connectivity index (χ0v) is 12.9. The van der Waals surface area contributed by atoms with E-state index in [0.717, 1.165) is 17.6 Å². The first-order valence-electron chi connectivity index (χ1n) is 7.39. The molecule has 1 N–H and O–H groups in total. The Kier molecular flexibility index (Phi) is 7.15. The van der Waals surface area contributed by atoms with Crippen molar-refractivity contribution in [2.45, 2.75) is 12.8 Å². The Bertz CT molecular complexity index is 218. The second kappa shape index (κ2) is 8.10. The first-order valence-corrected chi connectivity index (χ1v) is 7.39. The van der Waals surface area contributed by atoms with E-state index in [9.17, 15) is 0 Å². The zero-order valence-electron chi connectivity index (χ0n) is 12.9. The second-order valence-corrected chi connectivity index (χ2v) is 6.45. The van der Waals surface area contributed by atoms with Gasteiger partial charge in [0, 0.05) is 32.6 Å². The molecule has 1 heterocycles. The van der Waals surface area contributed by atoms with E-state index in [1.165, 1.54) is 52.1 Å². The molecule has 1 aliphatic heterocycles. The topological polar surface area (TPSA) is 18.5 Å². The van der Waals surface area contributed by atoms with Crippen LogP contribution in [0.25, 0.3) is 0 Å². The van der Waals surface area contributed by atoms with Gasteiger partial charge in [-0.2, -0.15) is 0 Å². The van der Waals surface area contributed by atoms with Gasteiger partial charge < -0.3 is 19.6 Å². The van der Waals surface area contributed by atoms with Crippen LogP contribution in [0.5, 0.6) is 0 Å². The van der Waals surface area contributed by atoms with E-state index in [2.05, 4.69) is 43.3 Å². The standard InChI is InChI=1S/C14H33N4/c1-16-9-6-10-17(2)12-14-18(3,4)13-5-7-15-8-11-16/h15H,5-14H2,1-4H3/q+1. The number of hydrogen-bond donors (Lipinski definition) is 1. The van der Waals surface area contributed by atoms with Crippen molar-refractivity contribution in [2.75, 3.05) is 80.5 Å². The van der Waals surface area contributed by atoms with Gasteiger partial charge in [-0.1, -0.05) is 0 Å². The van der Waals surface area contributed by atoms with Crippen LogP contribution in [-0.2, 0) is 0 Å². The minimum absolute atomic E-state index is 1.12. The predicted molar refractivity (Wildman–Crippen MR) is 78.9 cm³/mol. The van der Waals surface area contributed by atoms with Crippen LogP contribution < -0.4 is 5.32 Å². The monoisotopic (exact) mass is 257 g/mol. The number of nitrogens with zero attached hydrogens (tertiary/aromatic N) is 3. The molecule has 0 aliphatic carbocycles. The van der Waals surface area contributed by atoms with Crippen LogP contribution in [-0.4, -0.2) is 94.8 Å². The molecular formula is C14H33N4+. The summed E-state index contributed by atoms with van der Waals surface area (Å²) < 4.78 is 1.14. The van der Waals surface area contributed by atoms with E-state index in [0.29, 0.717) is 0 Å². The molecule has 0 bridgehead atoms. The Hall–Kier alpha value is -0.160. The van der Waals surface area contributed by atoms with E-state index in [-0.39, 0.29) is 0 Å². The van der Waals surface area contributed by atoms with Crippen LogP contribution in [0.3, 0.4) is 0 Å². The number of likely N-dealkylation sites (N-methyl/N-ethyl adjacent to an activating group) is 3. The summed E-state index contributed by atoms with van der Waals surface area (Å²) in [6, 6.07) is 0. The van der Waals surface area contributed by atoms with Crippen LogP contribution in [0.1, 0.15) is 12.8 Å². The van der Waals surface area contributed by atoms with Gasteiger partial charge in [-0.25, -0.2) is 0 Å². The molecule has 0 aromatic rings. The van der Waals surface area contributed by atoms with Crippen molar-refractivity contribution in [3.63, 3.8) is 0 Å². The van der Waals surface area contributed by atoms with Crippen LogP contribution in [0.15, 0.2) is 0 Å². The first-order chi connectivity index (χ1) is 8.49. The number of rotatable bonds is 0. The van der Waals surface area contributed by atoms with E-state index in [1.54, 1.807) is 0 Å². The second-order valence-electron chi connectivity index (χ2n) is 6.45. The fraction of sp³-hybridized carbons (Fsp3) is 1.00. The average Bonchev–Trinajstić information content (AvgIpc) is 2.30. The largest absolute Gasteiger partial charge is 0.327 e. The predicted octanol–water partition coefficient (Wildman–Crippen LogP) is 0.310. The summed E-state index contributed by atoms with van der Waals surface area (Å²) in [5.41, 5.74) is 0. The van der Waals surface area contributed by atoms with Crippen LogP contribution in [0, 0.1) is 0 Å². The highest BCUT2D eigenvalue weighted by atomic mass is 15.3. The lowest BCUT2D eigenvalue weighted by Gasteiger charge is -2.32. The maximum absolute atomic E-state index is 3.55. The molecule has 1 fully saturated rings. The fourth-order valence-electron chi connectivity index (χ4n) is 2.41. The molecule has 0 radical (unpaired) electrons. The third kappa shape index (κ3) is 7.31. The van der Waals surface area contributed by atoms with E-state index in [1.807, 2.05) is 0 Å². The molecule has 0 aromatic carbocycles. The van der Waals surface area contributed by atoms with Gasteiger partial charge in [-0.05, 0) is 33.6 Å². The summed E-state index contributed by atoms with van der Waals surface area (Å²) in [4.78, 5) is 4.92. The Labute approximate surface area is 114 Å². The minimum Gasteiger partial charge on any atom is -0.327 e. The van der Waals surface area contributed by atoms with Gasteiger partial charge in [0.15, 0.2) is 0 Å². The van der Waals surface area contributed by atoms with E-state index in [4.69, 9.17) is 0 Å². The number of nitrogens with one attached hydrogen (secondary N) is 1. The molecule has 0 unspecified atom stereocenters. The lowest BCUT2D eigenvalue weighted by molar-refractivity contribution is -0.889. The van der Waals surface area contributed by atoms with Crippen molar-refractivity contribution in [3.8, 4) is 0 Å². The molecule has 4 nitrogen and oxygen atoms in total. The molecule has 108 valence electrons. The average molecular weight is 257 g/mol. The summed E-state index contributed by atoms with van der Waals surface area (Å²) in [5.74, 6) is 0. The Morgan fingerprint density at radius 3 is 2.17 bits per heavy atom. The van der Waals surface area contributed by atoms with Gasteiger partial charge in [-0.3, -0.25) is 0 Å². The molecule has 0 atom stereocenters. The molecule has 18 heavy (non-hydrogen) atoms. The maximum Gasteiger partial charge on any atom is 0.0911 e. The van der Waals surface area contributed by atoms with Gasteiger partial charge in [0.25, 0.3) is 0 Å². The maximum atomic E-state index is 3.55. The van der Waals surface area contributed by atoms with E-state index >= 15 is 0 Å². The van der Waals surface area contributed by atoms with Crippen molar-refractivity contribution in [1.82, 2.24) is 15.1 Å². The Morgan fingerprint density at radius 1 is 0.778 bits per heavy atom. The van der Waals surface area contributed by atoms with Gasteiger partial charge in [0.2, 0.25) is 0 Å². The van der Waals surface area contributed by atoms with Gasteiger partial charge >= 0.3 is 0 Å². The minimum atomic E-state index is 1.12. The SMILES string of the molecule is CN1CCCN(C)CC[N+](C)(C)CCCNCC1. The smallest absolute Gasteiger partial charge is 0.0911 e. The number of hydrogen-bond acceptors (Lipinski definition) is 3. The van der Waals surface area contributed by atoms with Crippen molar-refractivity contribution in [1.29, 1.82) is 0 Å². The quantitative estimate of drug-likeness (QED) is 0.630. The first kappa shape index (κ1) is 15.9. The van der Waals surface area contributed by atoms with Crippen molar-refractivity contribution in [2.24, 2.45) is 0 Å². The molecular weight excluding hydrogens is 224 g/mol. The molecule has 0 saturated carbocycles. The molecule has 0 spiro atoms. The van der Waals surface area contributed by atoms with E-state index < -0.39 is 0 Å². The normalized spacial score (nSPS) is 26.7. The molecule has 1 rings (SSSR count). The van der Waals surface area contributed by atoms with Crippen molar-refractivity contribution < 1.29 is 4.48 Å². The molecule has 1 saturated heterocycles. The molecule has 4 heteroatoms. The highest BCUT2D eigenvalue weighted by Crippen LogP contribution is 2.01. The van der Waals surface area contributed by atoms with Crippen LogP contribution in [0.4, 0.5) is 0 Å². The highest BCUT2D eigenvalue weighted by Gasteiger charge is 2.15. The van der Waals surface area contributed by atoms with Crippen molar-refractivity contribution in [3.05, 3.63) is 0 Å². The summed E-state index contributed by atoms with van der Waals surface area (Å²) in [7, 11) is 9.20. The van der Waals surface area contributed by atoms with Gasteiger partial charge in [0.1, 0.15) is 0 Å². The molecule has 0 aromatic heterocycles. The molecule has 0 amide bonds. The van der Waals surface area contributed by atoms with Crippen LogP contribution >= 0.6 is 0 Å². The Morgan fingerprint density at radius 2 is 1.44 bits per heavy atom.